The Hall–Kier alpha value is -4.31. The van der Waals surface area contributed by atoms with Gasteiger partial charge in [-0.3, -0.25) is 24.2 Å². The largest absolute Gasteiger partial charge is 0.480 e. The molecule has 218 valence electrons. The number of thiol groups is 1. The maximum atomic E-state index is 13.2. The molecular formula is C24H35N9O6S. The third kappa shape index (κ3) is 9.77. The van der Waals surface area contributed by atoms with Gasteiger partial charge in [0.2, 0.25) is 23.6 Å². The summed E-state index contributed by atoms with van der Waals surface area (Å²) in [6.07, 6.45) is 1.52. The molecule has 0 aliphatic carbocycles. The average Bonchev–Trinajstić information content (AvgIpc) is 3.30. The Kier molecular flexibility index (Phi) is 12.2. The van der Waals surface area contributed by atoms with Crippen molar-refractivity contribution in [3.8, 4) is 0 Å². The van der Waals surface area contributed by atoms with Crippen molar-refractivity contribution in [2.24, 2.45) is 27.9 Å². The molecule has 0 fully saturated rings. The topological polar surface area (TPSA) is 274 Å². The zero-order valence-corrected chi connectivity index (χ0v) is 22.5. The fourth-order valence-electron chi connectivity index (χ4n) is 3.82. The van der Waals surface area contributed by atoms with Crippen molar-refractivity contribution in [2.45, 2.75) is 49.9 Å². The number of hydrogen-bond acceptors (Lipinski definition) is 8. The first kappa shape index (κ1) is 31.9. The summed E-state index contributed by atoms with van der Waals surface area (Å²) in [5, 5.41) is 18.0. The highest BCUT2D eigenvalue weighted by Gasteiger charge is 2.30. The zero-order valence-electron chi connectivity index (χ0n) is 21.6. The number of fused-ring (bicyclic) bond motifs is 1. The quantitative estimate of drug-likeness (QED) is 0.0434. The van der Waals surface area contributed by atoms with Gasteiger partial charge in [0.25, 0.3) is 0 Å². The lowest BCUT2D eigenvalue weighted by Gasteiger charge is -2.24. The van der Waals surface area contributed by atoms with Gasteiger partial charge in [0.15, 0.2) is 5.96 Å². The van der Waals surface area contributed by atoms with Gasteiger partial charge < -0.3 is 49.0 Å². The van der Waals surface area contributed by atoms with Gasteiger partial charge in [-0.1, -0.05) is 18.2 Å². The number of primary amides is 1. The molecule has 0 radical (unpaired) electrons. The van der Waals surface area contributed by atoms with Crippen LogP contribution < -0.4 is 38.9 Å². The summed E-state index contributed by atoms with van der Waals surface area (Å²) in [4.78, 5) is 68.4. The third-order valence-corrected chi connectivity index (χ3v) is 6.23. The fourth-order valence-corrected chi connectivity index (χ4v) is 4.08. The Balaban J connectivity index is 2.16. The van der Waals surface area contributed by atoms with Crippen LogP contribution in [0.25, 0.3) is 10.9 Å². The number of carboxylic acids is 1. The van der Waals surface area contributed by atoms with E-state index in [4.69, 9.17) is 22.9 Å². The van der Waals surface area contributed by atoms with Gasteiger partial charge >= 0.3 is 5.97 Å². The molecule has 4 amide bonds. The maximum absolute atomic E-state index is 13.2. The van der Waals surface area contributed by atoms with Gasteiger partial charge in [-0.05, 0) is 24.5 Å². The number of nitrogens with one attached hydrogen (secondary N) is 4. The number of para-hydroxylation sites is 1. The van der Waals surface area contributed by atoms with E-state index < -0.39 is 60.2 Å². The lowest BCUT2D eigenvalue weighted by atomic mass is 10.0. The highest BCUT2D eigenvalue weighted by molar-refractivity contribution is 7.80. The summed E-state index contributed by atoms with van der Waals surface area (Å²) < 4.78 is 0. The first-order valence-corrected chi connectivity index (χ1v) is 12.9. The lowest BCUT2D eigenvalue weighted by Crippen LogP contribution is -2.58. The SMILES string of the molecule is NC(=O)CC(N)C(=O)NC(CS)C(=O)NC(CCCN=C(N)N)C(=O)NC(Cc1c[nH]c2ccccc12)C(=O)O. The van der Waals surface area contributed by atoms with Crippen molar-refractivity contribution in [1.82, 2.24) is 20.9 Å². The van der Waals surface area contributed by atoms with E-state index in [0.29, 0.717) is 5.56 Å². The third-order valence-electron chi connectivity index (χ3n) is 5.87. The van der Waals surface area contributed by atoms with Crippen LogP contribution in [0.1, 0.15) is 24.8 Å². The number of amides is 4. The number of nitrogens with zero attached hydrogens (tertiary/aromatic N) is 1. The number of carbonyl (C=O) groups is 5. The minimum atomic E-state index is -1.31. The van der Waals surface area contributed by atoms with Crippen LogP contribution in [-0.4, -0.2) is 82.1 Å². The van der Waals surface area contributed by atoms with Crippen LogP contribution in [-0.2, 0) is 30.4 Å². The molecule has 1 aromatic heterocycles. The maximum Gasteiger partial charge on any atom is 0.326 e. The molecule has 0 aliphatic rings. The van der Waals surface area contributed by atoms with E-state index in [2.05, 4.69) is 38.6 Å². The molecular weight excluding hydrogens is 542 g/mol. The minimum Gasteiger partial charge on any atom is -0.480 e. The molecule has 4 atom stereocenters. The number of aromatic nitrogens is 1. The molecule has 2 aromatic rings. The Morgan fingerprint density at radius 3 is 2.20 bits per heavy atom. The Morgan fingerprint density at radius 2 is 1.57 bits per heavy atom. The summed E-state index contributed by atoms with van der Waals surface area (Å²) in [6.45, 7) is 0.147. The lowest BCUT2D eigenvalue weighted by molar-refractivity contribution is -0.142. The van der Waals surface area contributed by atoms with Crippen molar-refractivity contribution in [2.75, 3.05) is 12.3 Å². The van der Waals surface area contributed by atoms with Crippen LogP contribution in [0.2, 0.25) is 0 Å². The van der Waals surface area contributed by atoms with E-state index in [1.807, 2.05) is 24.3 Å². The van der Waals surface area contributed by atoms with Gasteiger partial charge in [0.1, 0.15) is 18.1 Å². The predicted molar refractivity (Wildman–Crippen MR) is 151 cm³/mol. The van der Waals surface area contributed by atoms with Crippen LogP contribution in [0.4, 0.5) is 0 Å². The first-order valence-electron chi connectivity index (χ1n) is 12.3. The number of benzene rings is 1. The second kappa shape index (κ2) is 15.3. The number of rotatable bonds is 16. The second-order valence-corrected chi connectivity index (χ2v) is 9.36. The second-order valence-electron chi connectivity index (χ2n) is 8.99. The van der Waals surface area contributed by atoms with Gasteiger partial charge in [0, 0.05) is 35.8 Å². The highest BCUT2D eigenvalue weighted by Crippen LogP contribution is 2.19. The number of carbonyl (C=O) groups excluding carboxylic acids is 4. The molecule has 40 heavy (non-hydrogen) atoms. The molecule has 0 spiro atoms. The van der Waals surface area contributed by atoms with E-state index in [1.165, 1.54) is 0 Å². The number of aromatic amines is 1. The van der Waals surface area contributed by atoms with E-state index in [0.717, 1.165) is 10.9 Å². The Labute approximate surface area is 235 Å². The van der Waals surface area contributed by atoms with E-state index >= 15 is 0 Å². The highest BCUT2D eigenvalue weighted by atomic mass is 32.1. The molecule has 16 heteroatoms. The molecule has 13 N–H and O–H groups in total. The molecule has 2 rings (SSSR count). The van der Waals surface area contributed by atoms with Gasteiger partial charge in [-0.25, -0.2) is 4.79 Å². The number of guanidine groups is 1. The molecule has 15 nitrogen and oxygen atoms in total. The number of aliphatic imine (C=N–C) groups is 1. The van der Waals surface area contributed by atoms with Gasteiger partial charge in [-0.15, -0.1) is 0 Å². The minimum absolute atomic E-state index is 0.0210. The van der Waals surface area contributed by atoms with Gasteiger partial charge in [0.05, 0.1) is 12.5 Å². The van der Waals surface area contributed by atoms with Crippen molar-refractivity contribution >= 4 is 59.1 Å². The smallest absolute Gasteiger partial charge is 0.326 e. The summed E-state index contributed by atoms with van der Waals surface area (Å²) in [5.41, 5.74) is 22.8. The molecule has 1 aromatic carbocycles. The van der Waals surface area contributed by atoms with E-state index in [9.17, 15) is 29.1 Å². The van der Waals surface area contributed by atoms with Crippen LogP contribution in [0, 0.1) is 0 Å². The summed E-state index contributed by atoms with van der Waals surface area (Å²) in [5.74, 6) is -4.74. The van der Waals surface area contributed by atoms with Crippen LogP contribution in [0.3, 0.4) is 0 Å². The van der Waals surface area contributed by atoms with Crippen molar-refractivity contribution < 1.29 is 29.1 Å². The predicted octanol–water partition coefficient (Wildman–Crippen LogP) is -2.56. The molecule has 4 unspecified atom stereocenters. The molecule has 1 heterocycles. The first-order chi connectivity index (χ1) is 18.9. The number of H-pyrrole nitrogens is 1. The summed E-state index contributed by atoms with van der Waals surface area (Å²) >= 11 is 4.08. The van der Waals surface area contributed by atoms with Crippen LogP contribution in [0.15, 0.2) is 35.5 Å². The number of nitrogens with two attached hydrogens (primary N) is 4. The normalized spacial score (nSPS) is 13.8. The van der Waals surface area contributed by atoms with Crippen LogP contribution in [0.5, 0.6) is 0 Å². The van der Waals surface area contributed by atoms with E-state index in [1.54, 1.807) is 6.20 Å². The van der Waals surface area contributed by atoms with Crippen LogP contribution >= 0.6 is 12.6 Å². The monoisotopic (exact) mass is 577 g/mol. The Bertz CT molecular complexity index is 1250. The average molecular weight is 578 g/mol. The van der Waals surface area contributed by atoms with Crippen molar-refractivity contribution in [3.63, 3.8) is 0 Å². The number of hydrogen-bond donors (Lipinski definition) is 10. The number of aliphatic carboxylic acids is 1. The molecule has 0 saturated carbocycles. The van der Waals surface area contributed by atoms with Gasteiger partial charge in [-0.2, -0.15) is 12.6 Å². The summed E-state index contributed by atoms with van der Waals surface area (Å²) in [6, 6.07) is 2.30. The van der Waals surface area contributed by atoms with Crippen molar-refractivity contribution in [1.29, 1.82) is 0 Å². The molecule has 0 aliphatic heterocycles. The molecule has 0 saturated heterocycles. The summed E-state index contributed by atoms with van der Waals surface area (Å²) in [7, 11) is 0. The number of carboxylic acid groups (broad SMARTS) is 1. The molecule has 0 bridgehead atoms. The standard InChI is InChI=1S/C24H35N9O6S/c25-14(9-19(26)34)20(35)33-18(11-40)22(37)31-16(6-3-7-29-24(27)28)21(36)32-17(23(38)39)8-12-10-30-15-5-2-1-4-13(12)15/h1-2,4-5,10,14,16-18,30,40H,3,6-9,11,25H2,(H2,26,34)(H,31,37)(H,32,36)(H,33,35)(H,38,39)(H4,27,28,29). The van der Waals surface area contributed by atoms with Crippen molar-refractivity contribution in [3.05, 3.63) is 36.0 Å². The Morgan fingerprint density at radius 1 is 0.950 bits per heavy atom. The zero-order chi connectivity index (χ0) is 29.8. The van der Waals surface area contributed by atoms with E-state index in [-0.39, 0.29) is 37.5 Å². The fraction of sp³-hybridized carbons (Fsp3) is 0.417.